The minimum atomic E-state index is -0.711. The molecule has 1 rings (SSSR count). The quantitative estimate of drug-likeness (QED) is 0.355. The van der Waals surface area contributed by atoms with Crippen LogP contribution in [0.4, 0.5) is 0 Å². The zero-order valence-electron chi connectivity index (χ0n) is 19.3. The van der Waals surface area contributed by atoms with E-state index < -0.39 is 17.9 Å². The third kappa shape index (κ3) is 22.8. The fourth-order valence-electron chi connectivity index (χ4n) is 2.05. The average Bonchev–Trinajstić information content (AvgIpc) is 2.71. The largest absolute Gasteiger partial charge is 0.481 e. The molecule has 1 aliphatic rings. The Balaban J connectivity index is -0.000000147. The zero-order chi connectivity index (χ0) is 22.9. The van der Waals surface area contributed by atoms with Crippen LogP contribution in [-0.4, -0.2) is 33.2 Å². The Morgan fingerprint density at radius 2 is 1.03 bits per heavy atom. The summed E-state index contributed by atoms with van der Waals surface area (Å²) in [4.78, 5) is 28.8. The smallest absolute Gasteiger partial charge is 0.303 e. The Hall–Kier alpha value is -1.40. The van der Waals surface area contributed by atoms with E-state index in [1.165, 1.54) is 16.7 Å². The van der Waals surface area contributed by atoms with Gasteiger partial charge in [0.25, 0.3) is 0 Å². The van der Waals surface area contributed by atoms with Gasteiger partial charge in [-0.25, -0.2) is 5.57 Å². The molecule has 0 aliphatic heterocycles. The Morgan fingerprint density at radius 3 is 1.07 bits per heavy atom. The molecule has 0 aromatic rings. The van der Waals surface area contributed by atoms with E-state index in [0.717, 1.165) is 19.3 Å². The van der Waals surface area contributed by atoms with Gasteiger partial charge in [-0.1, -0.05) is 53.9 Å². The van der Waals surface area contributed by atoms with Gasteiger partial charge < -0.3 is 15.3 Å². The molecule has 0 bridgehead atoms. The minimum Gasteiger partial charge on any atom is -0.481 e. The normalized spacial score (nSPS) is 13.2. The molecule has 0 unspecified atom stereocenters. The van der Waals surface area contributed by atoms with Crippen molar-refractivity contribution in [1.29, 1.82) is 0 Å². The van der Waals surface area contributed by atoms with Crippen molar-refractivity contribution >= 4 is 17.9 Å². The molecule has 7 heteroatoms. The molecule has 0 saturated heterocycles. The van der Waals surface area contributed by atoms with Crippen molar-refractivity contribution in [3.8, 4) is 0 Å². The molecule has 0 aromatic heterocycles. The standard InChI is InChI=1S/C10H15.3C4H8O2.Ti/c1-7-6-10(4,5)9(3)8(7)2;3*1-2-3-4(5)6;/h1-5H3;3*2-3H2,1H3,(H,5,6);/q-1;;;;. The number of hydrogen-bond acceptors (Lipinski definition) is 3. The number of carbonyl (C=O) groups is 3. The number of hydrogen-bond donors (Lipinski definition) is 3. The SMILES string of the molecule is CC1=[C-]C(C)(C)C(C)=C1C.CCCC(=O)O.CCCC(=O)O.CCCC(=O)O.[Ti]. The maximum absolute atomic E-state index is 9.60. The summed E-state index contributed by atoms with van der Waals surface area (Å²) in [7, 11) is 0. The first kappa shape index (κ1) is 35.1. The topological polar surface area (TPSA) is 112 Å². The summed E-state index contributed by atoms with van der Waals surface area (Å²) in [6.07, 6.45) is 6.50. The molecule has 0 fully saturated rings. The van der Waals surface area contributed by atoms with Gasteiger partial charge in [-0.3, -0.25) is 20.5 Å². The molecule has 0 atom stereocenters. The molecule has 0 saturated carbocycles. The van der Waals surface area contributed by atoms with Crippen LogP contribution in [0.5, 0.6) is 0 Å². The van der Waals surface area contributed by atoms with Gasteiger partial charge >= 0.3 is 17.9 Å². The average molecular weight is 447 g/mol. The first-order valence-electron chi connectivity index (χ1n) is 9.72. The third-order valence-corrected chi connectivity index (χ3v) is 3.95. The van der Waals surface area contributed by atoms with Crippen LogP contribution in [0.2, 0.25) is 0 Å². The van der Waals surface area contributed by atoms with Gasteiger partial charge in [0.15, 0.2) is 0 Å². The summed E-state index contributed by atoms with van der Waals surface area (Å²) in [5, 5.41) is 23.7. The van der Waals surface area contributed by atoms with Crippen molar-refractivity contribution < 1.29 is 51.4 Å². The van der Waals surface area contributed by atoms with E-state index in [2.05, 4.69) is 40.7 Å². The van der Waals surface area contributed by atoms with Crippen LogP contribution >= 0.6 is 0 Å². The fourth-order valence-corrected chi connectivity index (χ4v) is 2.05. The molecule has 6 nitrogen and oxygen atoms in total. The van der Waals surface area contributed by atoms with E-state index in [9.17, 15) is 14.4 Å². The van der Waals surface area contributed by atoms with Crippen LogP contribution in [0.15, 0.2) is 16.7 Å². The zero-order valence-corrected chi connectivity index (χ0v) is 20.9. The molecule has 1 aliphatic carbocycles. The Morgan fingerprint density at radius 1 is 0.759 bits per heavy atom. The van der Waals surface area contributed by atoms with Gasteiger partial charge in [-0.05, 0) is 19.3 Å². The maximum atomic E-state index is 9.60. The van der Waals surface area contributed by atoms with E-state index >= 15 is 0 Å². The van der Waals surface area contributed by atoms with Crippen LogP contribution in [0, 0.1) is 11.5 Å². The number of allylic oxidation sites excluding steroid dienone is 4. The van der Waals surface area contributed by atoms with Gasteiger partial charge in [0.2, 0.25) is 0 Å². The van der Waals surface area contributed by atoms with Gasteiger partial charge in [0.05, 0.1) is 0 Å². The first-order chi connectivity index (χ1) is 12.8. The maximum Gasteiger partial charge on any atom is 0.303 e. The summed E-state index contributed by atoms with van der Waals surface area (Å²) < 4.78 is 0. The molecule has 0 amide bonds. The van der Waals surface area contributed by atoms with Crippen molar-refractivity contribution in [2.45, 2.75) is 93.9 Å². The predicted octanol–water partition coefficient (Wildman–Crippen LogP) is 5.72. The number of rotatable bonds is 6. The van der Waals surface area contributed by atoms with E-state index in [-0.39, 0.29) is 27.1 Å². The minimum absolute atomic E-state index is 0. The second kappa shape index (κ2) is 19.9. The second-order valence-corrected chi connectivity index (χ2v) is 7.06. The van der Waals surface area contributed by atoms with Gasteiger partial charge in [-0.15, -0.1) is 6.92 Å². The van der Waals surface area contributed by atoms with Crippen molar-refractivity contribution in [2.24, 2.45) is 5.41 Å². The van der Waals surface area contributed by atoms with Gasteiger partial charge in [-0.2, -0.15) is 11.1 Å². The summed E-state index contributed by atoms with van der Waals surface area (Å²) in [5.41, 5.74) is 4.39. The molecule has 0 aromatic carbocycles. The summed E-state index contributed by atoms with van der Waals surface area (Å²) in [5.74, 6) is -2.13. The fraction of sp³-hybridized carbons (Fsp3) is 0.682. The number of carboxylic acid groups (broad SMARTS) is 3. The second-order valence-electron chi connectivity index (χ2n) is 7.06. The van der Waals surface area contributed by atoms with Crippen molar-refractivity contribution in [1.82, 2.24) is 0 Å². The molecule has 0 spiro atoms. The predicted molar refractivity (Wildman–Crippen MR) is 112 cm³/mol. The van der Waals surface area contributed by atoms with E-state index in [1.54, 1.807) is 0 Å². The third-order valence-electron chi connectivity index (χ3n) is 3.95. The van der Waals surface area contributed by atoms with Crippen LogP contribution in [0.3, 0.4) is 0 Å². The molecule has 0 heterocycles. The van der Waals surface area contributed by atoms with Crippen molar-refractivity contribution in [2.75, 3.05) is 0 Å². The van der Waals surface area contributed by atoms with Crippen molar-refractivity contribution in [3.63, 3.8) is 0 Å². The van der Waals surface area contributed by atoms with E-state index in [1.807, 2.05) is 20.8 Å². The van der Waals surface area contributed by atoms with E-state index in [0.29, 0.717) is 19.3 Å². The van der Waals surface area contributed by atoms with Crippen LogP contribution < -0.4 is 0 Å². The molecular weight excluding hydrogens is 408 g/mol. The van der Waals surface area contributed by atoms with Gasteiger partial charge in [0.1, 0.15) is 0 Å². The van der Waals surface area contributed by atoms with Crippen LogP contribution in [0.1, 0.15) is 93.9 Å². The van der Waals surface area contributed by atoms with Crippen molar-refractivity contribution in [3.05, 3.63) is 22.8 Å². The molecule has 3 N–H and O–H groups in total. The first-order valence-corrected chi connectivity index (χ1v) is 9.72. The Bertz CT molecular complexity index is 509. The number of aliphatic carboxylic acids is 3. The molecule has 29 heavy (non-hydrogen) atoms. The number of carboxylic acids is 3. The Kier molecular flexibility index (Phi) is 24.1. The molecule has 168 valence electrons. The van der Waals surface area contributed by atoms with Crippen LogP contribution in [-0.2, 0) is 36.1 Å². The molecular formula is C22H39O6Ti-. The summed E-state index contributed by atoms with van der Waals surface area (Å²) in [6.45, 7) is 16.4. The monoisotopic (exact) mass is 447 g/mol. The molecule has 0 radical (unpaired) electrons. The summed E-state index contributed by atoms with van der Waals surface area (Å²) >= 11 is 0. The van der Waals surface area contributed by atoms with Crippen LogP contribution in [0.25, 0.3) is 0 Å². The van der Waals surface area contributed by atoms with Gasteiger partial charge in [0, 0.05) is 41.0 Å². The Labute approximate surface area is 191 Å². The van der Waals surface area contributed by atoms with E-state index in [4.69, 9.17) is 15.3 Å². The summed E-state index contributed by atoms with van der Waals surface area (Å²) in [6, 6.07) is 0.